The van der Waals surface area contributed by atoms with E-state index in [4.69, 9.17) is 24.4 Å². The van der Waals surface area contributed by atoms with Gasteiger partial charge in [0.05, 0.1) is 0 Å². The molecule has 28 heavy (non-hydrogen) atoms. The Balaban J connectivity index is 0.000000921. The van der Waals surface area contributed by atoms with Gasteiger partial charge in [-0.15, -0.1) is 0 Å². The van der Waals surface area contributed by atoms with Crippen LogP contribution in [0.25, 0.3) is 11.4 Å². The third-order valence-corrected chi connectivity index (χ3v) is 11.1. The second kappa shape index (κ2) is 15.2. The van der Waals surface area contributed by atoms with Crippen molar-refractivity contribution in [2.24, 2.45) is 0 Å². The molecule has 0 saturated heterocycles. The van der Waals surface area contributed by atoms with Gasteiger partial charge in [0.1, 0.15) is 21.4 Å². The zero-order chi connectivity index (χ0) is 21.4. The summed E-state index contributed by atoms with van der Waals surface area (Å²) in [6, 6.07) is 0. The number of nitrogens with zero attached hydrogens (tertiary/aromatic N) is 4. The van der Waals surface area contributed by atoms with E-state index >= 15 is 0 Å². The van der Waals surface area contributed by atoms with Crippen LogP contribution in [0.2, 0.25) is 0 Å². The van der Waals surface area contributed by atoms with Gasteiger partial charge >= 0.3 is 0 Å². The van der Waals surface area contributed by atoms with E-state index in [1.807, 2.05) is 21.6 Å². The highest BCUT2D eigenvalue weighted by atomic mass is 128. The summed E-state index contributed by atoms with van der Waals surface area (Å²) in [5, 5.41) is 2.49. The van der Waals surface area contributed by atoms with Crippen LogP contribution in [0.3, 0.4) is 0 Å². The lowest BCUT2D eigenvalue weighted by molar-refractivity contribution is 0.658. The molecule has 0 amide bonds. The zero-order valence-corrected chi connectivity index (χ0v) is 29.1. The first-order chi connectivity index (χ1) is 13.6. The molecular weight excluding hydrogens is 924 g/mol. The lowest BCUT2D eigenvalue weighted by Crippen LogP contribution is -2.04. The third-order valence-electron chi connectivity index (χ3n) is 4.10. The van der Waals surface area contributed by atoms with Gasteiger partial charge in [-0.25, -0.2) is 0 Å². The van der Waals surface area contributed by atoms with Crippen molar-refractivity contribution in [3.05, 3.63) is 9.54 Å². The summed E-state index contributed by atoms with van der Waals surface area (Å²) in [5.41, 5.74) is 2.45. The Bertz CT molecular complexity index is 816. The molecule has 0 radical (unpaired) electrons. The van der Waals surface area contributed by atoms with Crippen molar-refractivity contribution in [1.82, 2.24) is 18.3 Å². The van der Waals surface area contributed by atoms with E-state index in [2.05, 4.69) is 120 Å². The fourth-order valence-corrected chi connectivity index (χ4v) is 10.1. The topological polar surface area (TPSA) is 19.7 Å². The first kappa shape index (κ1) is 29.2. The van der Waals surface area contributed by atoms with Crippen molar-refractivity contribution in [3.63, 3.8) is 0 Å². The molecule has 0 spiro atoms. The van der Waals surface area contributed by atoms with Gasteiger partial charge < -0.3 is 18.3 Å². The minimum atomic E-state index is 0.866. The van der Waals surface area contributed by atoms with Crippen LogP contribution in [0, 0.1) is 9.54 Å². The second-order valence-electron chi connectivity index (χ2n) is 5.15. The highest BCUT2D eigenvalue weighted by Gasteiger charge is 2.29. The first-order valence-electron chi connectivity index (χ1n) is 8.23. The van der Waals surface area contributed by atoms with Gasteiger partial charge in [0.15, 0.2) is 9.54 Å². The predicted molar refractivity (Wildman–Crippen MR) is 171 cm³/mol. The number of hydrogen-bond acceptors (Lipinski definition) is 6. The molecule has 4 nitrogen and oxygen atoms in total. The lowest BCUT2D eigenvalue weighted by Gasteiger charge is -2.15. The Morgan fingerprint density at radius 2 is 0.893 bits per heavy atom. The maximum Gasteiger partial charge on any atom is 0.181 e. The first-order valence-corrected chi connectivity index (χ1v) is 26.4. The van der Waals surface area contributed by atoms with Gasteiger partial charge in [0.2, 0.25) is 0 Å². The third kappa shape index (κ3) is 5.99. The fourth-order valence-electron chi connectivity index (χ4n) is 3.01. The Labute approximate surface area is 239 Å². The summed E-state index contributed by atoms with van der Waals surface area (Å²) in [4.78, 5) is 0. The second-order valence-corrected chi connectivity index (χ2v) is 11.5. The Morgan fingerprint density at radius 1 is 0.607 bits per heavy atom. The molecule has 3 rings (SSSR count). The monoisotopic (exact) mass is 944 g/mol. The maximum absolute atomic E-state index is 5.77. The number of hydrogen-bond donors (Lipinski definition) is 0. The fraction of sp³-hybridized carbons (Fsp3) is 0.571. The van der Waals surface area contributed by atoms with E-state index in [1.54, 1.807) is 19.7 Å². The van der Waals surface area contributed by atoms with Crippen LogP contribution in [0.4, 0.5) is 0 Å². The van der Waals surface area contributed by atoms with Gasteiger partial charge in [-0.3, -0.25) is 0 Å². The number of halogens is 4. The number of fused-ring (bicyclic) bond motifs is 3. The Morgan fingerprint density at radius 3 is 1.14 bits per heavy atom. The van der Waals surface area contributed by atoms with Crippen LogP contribution in [-0.2, 0) is 26.2 Å². The van der Waals surface area contributed by atoms with Gasteiger partial charge in [-0.2, -0.15) is 0 Å². The molecule has 0 unspecified atom stereocenters. The Kier molecular flexibility index (Phi) is 15.8. The standard InChI is InChI=1S/C14H20N4S6.2I2/c1-5-15-9-10-12(18(8-4)14(20)16(10)6-2)22-24-23-21-11(9)17(7-3)13(15)19;2*1-2/h5-8H2,1-4H3;;. The molecule has 0 bridgehead atoms. The molecule has 2 aromatic heterocycles. The smallest absolute Gasteiger partial charge is 0.181 e. The average molecular weight is 944 g/mol. The molecule has 160 valence electrons. The summed E-state index contributed by atoms with van der Waals surface area (Å²) in [6.45, 7) is 12.1. The molecule has 0 atom stereocenters. The SMILES string of the molecule is CCn1c2c(n(CC)c1=S)-c1c(n(CC)c(=S)n1CC)SSSS2.II.II. The summed E-state index contributed by atoms with van der Waals surface area (Å²) in [5.74, 6) is 0. The maximum atomic E-state index is 5.77. The van der Waals surface area contributed by atoms with Gasteiger partial charge in [-0.05, 0) is 93.4 Å². The van der Waals surface area contributed by atoms with Gasteiger partial charge in [-0.1, -0.05) is 0 Å². The summed E-state index contributed by atoms with van der Waals surface area (Å²) < 4.78 is 10.8. The molecule has 3 heterocycles. The zero-order valence-electron chi connectivity index (χ0n) is 15.6. The van der Waals surface area contributed by atoms with E-state index in [0.717, 1.165) is 35.7 Å². The van der Waals surface area contributed by atoms with Crippen LogP contribution in [0.15, 0.2) is 10.1 Å². The highest BCUT2D eigenvalue weighted by Crippen LogP contribution is 2.56. The van der Waals surface area contributed by atoms with Crippen molar-refractivity contribution in [2.45, 2.75) is 63.9 Å². The van der Waals surface area contributed by atoms with Crippen molar-refractivity contribution >= 4 is 140 Å². The minimum absolute atomic E-state index is 0.866. The minimum Gasteiger partial charge on any atom is -0.315 e. The number of rotatable bonds is 4. The van der Waals surface area contributed by atoms with E-state index in [-0.39, 0.29) is 0 Å². The van der Waals surface area contributed by atoms with Crippen LogP contribution < -0.4 is 0 Å². The van der Waals surface area contributed by atoms with Crippen LogP contribution in [0.5, 0.6) is 0 Å². The largest absolute Gasteiger partial charge is 0.315 e. The molecule has 0 aliphatic carbocycles. The predicted octanol–water partition coefficient (Wildman–Crippen LogP) is 10.1. The van der Waals surface area contributed by atoms with Crippen LogP contribution in [0.1, 0.15) is 27.7 Å². The highest BCUT2D eigenvalue weighted by molar-refractivity contribution is 15.0. The van der Waals surface area contributed by atoms with Crippen LogP contribution in [-0.4, -0.2) is 18.3 Å². The summed E-state index contributed by atoms with van der Waals surface area (Å²) >= 11 is 20.0. The van der Waals surface area contributed by atoms with Crippen molar-refractivity contribution in [2.75, 3.05) is 0 Å². The average Bonchev–Trinajstić information content (AvgIpc) is 3.14. The van der Waals surface area contributed by atoms with E-state index in [1.165, 1.54) is 21.4 Å². The lowest BCUT2D eigenvalue weighted by atomic mass is 10.3. The van der Waals surface area contributed by atoms with Crippen LogP contribution >= 0.6 is 140 Å². The number of aromatic nitrogens is 4. The Hall–Kier alpha value is 3.18. The molecule has 0 N–H and O–H groups in total. The normalized spacial score (nSPS) is 12.6. The summed E-state index contributed by atoms with van der Waals surface area (Å²) in [7, 11) is 7.21. The summed E-state index contributed by atoms with van der Waals surface area (Å²) in [6.07, 6.45) is 0. The molecule has 0 fully saturated rings. The van der Waals surface area contributed by atoms with Crippen molar-refractivity contribution in [3.8, 4) is 11.4 Å². The quantitative estimate of drug-likeness (QED) is 0.172. The molecule has 1 aliphatic heterocycles. The molecule has 0 saturated carbocycles. The molecule has 0 aromatic carbocycles. The molecular formula is C14H20I4N4S6. The number of imidazole rings is 2. The van der Waals surface area contributed by atoms with Crippen molar-refractivity contribution in [1.29, 1.82) is 0 Å². The molecule has 2 aromatic rings. The van der Waals surface area contributed by atoms with E-state index in [0.29, 0.717) is 0 Å². The van der Waals surface area contributed by atoms with Gasteiger partial charge in [0.25, 0.3) is 0 Å². The molecule has 1 aliphatic rings. The van der Waals surface area contributed by atoms with Gasteiger partial charge in [0, 0.05) is 101 Å². The van der Waals surface area contributed by atoms with Crippen molar-refractivity contribution < 1.29 is 0 Å². The van der Waals surface area contributed by atoms with E-state index < -0.39 is 0 Å². The van der Waals surface area contributed by atoms with E-state index in [9.17, 15) is 0 Å². The molecule has 14 heteroatoms.